The SMILES string of the molecule is COC(=O)c1ccc(S(=O)(=O)C=C=C(C)C)cc1. The summed E-state index contributed by atoms with van der Waals surface area (Å²) in [5.74, 6) is -0.501. The zero-order chi connectivity index (χ0) is 13.8. The van der Waals surface area contributed by atoms with Crippen LogP contribution in [0.15, 0.2) is 45.9 Å². The third kappa shape index (κ3) is 3.58. The molecule has 0 spiro atoms. The fourth-order valence-corrected chi connectivity index (χ4v) is 2.20. The van der Waals surface area contributed by atoms with Crippen LogP contribution in [0.5, 0.6) is 0 Å². The van der Waals surface area contributed by atoms with Crippen LogP contribution in [0.4, 0.5) is 0 Å². The van der Waals surface area contributed by atoms with Gasteiger partial charge in [-0.15, -0.1) is 5.73 Å². The highest BCUT2D eigenvalue weighted by Gasteiger charge is 2.11. The second-order valence-electron chi connectivity index (χ2n) is 3.82. The van der Waals surface area contributed by atoms with Crippen molar-refractivity contribution in [2.24, 2.45) is 0 Å². The Morgan fingerprint density at radius 1 is 1.22 bits per heavy atom. The monoisotopic (exact) mass is 266 g/mol. The maximum atomic E-state index is 11.8. The van der Waals surface area contributed by atoms with Gasteiger partial charge in [0, 0.05) is 0 Å². The van der Waals surface area contributed by atoms with Crippen molar-refractivity contribution in [3.8, 4) is 0 Å². The summed E-state index contributed by atoms with van der Waals surface area (Å²) in [5.41, 5.74) is 3.72. The average molecular weight is 266 g/mol. The highest BCUT2D eigenvalue weighted by molar-refractivity contribution is 7.94. The minimum absolute atomic E-state index is 0.115. The number of esters is 1. The summed E-state index contributed by atoms with van der Waals surface area (Å²) < 4.78 is 28.2. The molecule has 0 aromatic heterocycles. The zero-order valence-electron chi connectivity index (χ0n) is 10.4. The molecule has 0 N–H and O–H groups in total. The smallest absolute Gasteiger partial charge is 0.337 e. The van der Waals surface area contributed by atoms with Gasteiger partial charge >= 0.3 is 5.97 Å². The van der Waals surface area contributed by atoms with Crippen LogP contribution in [0.2, 0.25) is 0 Å². The first-order chi connectivity index (χ1) is 8.36. The number of hydrogen-bond donors (Lipinski definition) is 0. The van der Waals surface area contributed by atoms with Crippen LogP contribution in [-0.4, -0.2) is 21.5 Å². The molecule has 0 radical (unpaired) electrons. The molecule has 96 valence electrons. The van der Waals surface area contributed by atoms with Crippen molar-refractivity contribution in [1.29, 1.82) is 0 Å². The molecule has 0 heterocycles. The summed E-state index contributed by atoms with van der Waals surface area (Å²) >= 11 is 0. The van der Waals surface area contributed by atoms with Crippen LogP contribution in [0, 0.1) is 0 Å². The molecule has 0 bridgehead atoms. The van der Waals surface area contributed by atoms with Gasteiger partial charge < -0.3 is 4.74 Å². The van der Waals surface area contributed by atoms with Gasteiger partial charge in [0.05, 0.1) is 23.0 Å². The van der Waals surface area contributed by atoms with Crippen molar-refractivity contribution >= 4 is 15.8 Å². The molecule has 0 aliphatic rings. The summed E-state index contributed by atoms with van der Waals surface area (Å²) in [6, 6.07) is 5.56. The number of ether oxygens (including phenoxy) is 1. The van der Waals surface area contributed by atoms with Gasteiger partial charge in [-0.1, -0.05) is 0 Å². The summed E-state index contributed by atoms with van der Waals surface area (Å²) in [4.78, 5) is 11.3. The van der Waals surface area contributed by atoms with Gasteiger partial charge in [0.25, 0.3) is 0 Å². The van der Waals surface area contributed by atoms with E-state index in [0.717, 1.165) is 11.0 Å². The van der Waals surface area contributed by atoms with E-state index in [2.05, 4.69) is 10.5 Å². The first kappa shape index (κ1) is 14.2. The van der Waals surface area contributed by atoms with Crippen LogP contribution in [0.25, 0.3) is 0 Å². The Morgan fingerprint density at radius 2 is 1.78 bits per heavy atom. The number of sulfone groups is 1. The molecule has 0 fully saturated rings. The molecule has 4 nitrogen and oxygen atoms in total. The molecular weight excluding hydrogens is 252 g/mol. The molecule has 18 heavy (non-hydrogen) atoms. The minimum Gasteiger partial charge on any atom is -0.465 e. The molecule has 1 rings (SSSR count). The Balaban J connectivity index is 3.13. The second kappa shape index (κ2) is 5.67. The minimum atomic E-state index is -3.51. The highest BCUT2D eigenvalue weighted by atomic mass is 32.2. The predicted octanol–water partition coefficient (Wildman–Crippen LogP) is 2.33. The van der Waals surface area contributed by atoms with Gasteiger partial charge in [-0.2, -0.15) is 0 Å². The van der Waals surface area contributed by atoms with Gasteiger partial charge in [0.1, 0.15) is 0 Å². The molecule has 5 heteroatoms. The average Bonchev–Trinajstić information content (AvgIpc) is 2.36. The van der Waals surface area contributed by atoms with Crippen LogP contribution < -0.4 is 0 Å². The lowest BCUT2D eigenvalue weighted by Gasteiger charge is -2.01. The van der Waals surface area contributed by atoms with Gasteiger partial charge in [-0.3, -0.25) is 0 Å². The highest BCUT2D eigenvalue weighted by Crippen LogP contribution is 2.13. The van der Waals surface area contributed by atoms with E-state index in [1.165, 1.54) is 31.4 Å². The van der Waals surface area contributed by atoms with E-state index in [4.69, 9.17) is 0 Å². The number of allylic oxidation sites excluding steroid dienone is 1. The first-order valence-electron chi connectivity index (χ1n) is 5.20. The fraction of sp³-hybridized carbons (Fsp3) is 0.231. The Bertz CT molecular complexity index is 599. The molecule has 0 aliphatic carbocycles. The second-order valence-corrected chi connectivity index (χ2v) is 5.62. The number of carbonyl (C=O) groups excluding carboxylic acids is 1. The number of carbonyl (C=O) groups is 1. The fourth-order valence-electron chi connectivity index (χ4n) is 1.16. The van der Waals surface area contributed by atoms with E-state index in [0.29, 0.717) is 5.56 Å². The maximum absolute atomic E-state index is 11.8. The van der Waals surface area contributed by atoms with Crippen molar-refractivity contribution in [2.45, 2.75) is 18.7 Å². The van der Waals surface area contributed by atoms with Crippen molar-refractivity contribution < 1.29 is 17.9 Å². The van der Waals surface area contributed by atoms with Crippen LogP contribution in [0.1, 0.15) is 24.2 Å². The zero-order valence-corrected chi connectivity index (χ0v) is 11.2. The van der Waals surface area contributed by atoms with E-state index in [9.17, 15) is 13.2 Å². The third-order valence-electron chi connectivity index (χ3n) is 2.11. The lowest BCUT2D eigenvalue weighted by molar-refractivity contribution is 0.0600. The van der Waals surface area contributed by atoms with Crippen LogP contribution in [-0.2, 0) is 14.6 Å². The van der Waals surface area contributed by atoms with Gasteiger partial charge in [-0.25, -0.2) is 13.2 Å². The Kier molecular flexibility index (Phi) is 4.48. The van der Waals surface area contributed by atoms with Crippen molar-refractivity contribution in [2.75, 3.05) is 7.11 Å². The Morgan fingerprint density at radius 3 is 2.22 bits per heavy atom. The van der Waals surface area contributed by atoms with E-state index in [1.54, 1.807) is 13.8 Å². The summed E-state index contributed by atoms with van der Waals surface area (Å²) in [6.45, 7) is 3.51. The molecule has 0 aliphatic heterocycles. The molecule has 1 aromatic rings. The predicted molar refractivity (Wildman–Crippen MR) is 67.9 cm³/mol. The topological polar surface area (TPSA) is 60.4 Å². The lowest BCUT2D eigenvalue weighted by atomic mass is 10.2. The molecular formula is C13H14O4S. The van der Waals surface area contributed by atoms with Crippen LogP contribution >= 0.6 is 0 Å². The van der Waals surface area contributed by atoms with E-state index >= 15 is 0 Å². The molecule has 0 amide bonds. The Hall–Kier alpha value is -1.84. The van der Waals surface area contributed by atoms with E-state index in [-0.39, 0.29) is 4.90 Å². The quantitative estimate of drug-likeness (QED) is 0.622. The number of hydrogen-bond acceptors (Lipinski definition) is 4. The van der Waals surface area contributed by atoms with Crippen molar-refractivity contribution in [3.63, 3.8) is 0 Å². The lowest BCUT2D eigenvalue weighted by Crippen LogP contribution is -2.02. The number of benzene rings is 1. The summed E-state index contributed by atoms with van der Waals surface area (Å²) in [5, 5.41) is 1.02. The molecule has 0 unspecified atom stereocenters. The molecule has 0 atom stereocenters. The maximum Gasteiger partial charge on any atom is 0.337 e. The van der Waals surface area contributed by atoms with Gasteiger partial charge in [0.2, 0.25) is 9.84 Å². The first-order valence-corrected chi connectivity index (χ1v) is 6.75. The molecule has 0 saturated carbocycles. The largest absolute Gasteiger partial charge is 0.465 e. The molecule has 1 aromatic carbocycles. The summed E-state index contributed by atoms with van der Waals surface area (Å²) in [7, 11) is -2.25. The van der Waals surface area contributed by atoms with Crippen LogP contribution in [0.3, 0.4) is 0 Å². The standard InChI is InChI=1S/C13H14O4S/c1-10(2)8-9-18(15,16)12-6-4-11(5-7-12)13(14)17-3/h4-7,9H,1-3H3. The van der Waals surface area contributed by atoms with Crippen molar-refractivity contribution in [1.82, 2.24) is 0 Å². The third-order valence-corrected chi connectivity index (χ3v) is 3.46. The van der Waals surface area contributed by atoms with Gasteiger partial charge in [-0.05, 0) is 43.7 Å². The summed E-state index contributed by atoms with van der Waals surface area (Å²) in [6.07, 6.45) is 0. The van der Waals surface area contributed by atoms with Gasteiger partial charge in [0.15, 0.2) is 0 Å². The number of methoxy groups -OCH3 is 1. The Labute approximate surface area is 107 Å². The normalized spacial score (nSPS) is 10.4. The molecule has 0 saturated heterocycles. The number of rotatable bonds is 3. The van der Waals surface area contributed by atoms with E-state index < -0.39 is 15.8 Å². The van der Waals surface area contributed by atoms with Crippen molar-refractivity contribution in [3.05, 3.63) is 46.5 Å². The van der Waals surface area contributed by atoms with E-state index in [1.807, 2.05) is 0 Å².